The number of likely N-dealkylation sites (tertiary alicyclic amines) is 1. The molecule has 5 heteroatoms. The Kier molecular flexibility index (Phi) is 6.45. The summed E-state index contributed by atoms with van der Waals surface area (Å²) in [6.07, 6.45) is 3.59. The first-order valence-electron chi connectivity index (χ1n) is 8.56. The van der Waals surface area contributed by atoms with Crippen molar-refractivity contribution in [3.8, 4) is 0 Å². The number of likely N-dealkylation sites (N-methyl/N-ethyl adjacent to an activating group) is 1. The highest BCUT2D eigenvalue weighted by molar-refractivity contribution is 5.76. The van der Waals surface area contributed by atoms with E-state index in [0.29, 0.717) is 18.7 Å². The molecular weight excluding hydrogens is 266 g/mol. The van der Waals surface area contributed by atoms with Gasteiger partial charge in [0.05, 0.1) is 6.61 Å². The molecule has 2 rings (SSSR count). The highest BCUT2D eigenvalue weighted by Crippen LogP contribution is 2.21. The number of carbonyl (C=O) groups is 1. The predicted molar refractivity (Wildman–Crippen MR) is 84.3 cm³/mol. The fraction of sp³-hybridized carbons (Fsp3) is 0.938. The molecule has 2 unspecified atom stereocenters. The third kappa shape index (κ3) is 4.94. The molecule has 5 nitrogen and oxygen atoms in total. The molecule has 1 heterocycles. The SMILES string of the molecule is CCOC(=O)C(CN1CCC(N(CC)CC)C1)NC1CC1. The van der Waals surface area contributed by atoms with Crippen LogP contribution in [0.2, 0.25) is 0 Å². The van der Waals surface area contributed by atoms with Crippen LogP contribution in [0, 0.1) is 0 Å². The fourth-order valence-electron chi connectivity index (χ4n) is 3.25. The van der Waals surface area contributed by atoms with Gasteiger partial charge in [0.15, 0.2) is 0 Å². The van der Waals surface area contributed by atoms with Crippen LogP contribution >= 0.6 is 0 Å². The zero-order valence-corrected chi connectivity index (χ0v) is 13.8. The molecule has 0 radical (unpaired) electrons. The number of nitrogens with zero attached hydrogens (tertiary/aromatic N) is 2. The zero-order chi connectivity index (χ0) is 15.2. The minimum atomic E-state index is -0.159. The van der Waals surface area contributed by atoms with Crippen LogP contribution < -0.4 is 5.32 Å². The first kappa shape index (κ1) is 16.7. The van der Waals surface area contributed by atoms with Crippen LogP contribution in [-0.4, -0.2) is 73.2 Å². The van der Waals surface area contributed by atoms with Crippen molar-refractivity contribution in [2.75, 3.05) is 39.3 Å². The van der Waals surface area contributed by atoms with Crippen molar-refractivity contribution in [1.82, 2.24) is 15.1 Å². The second-order valence-corrected chi connectivity index (χ2v) is 6.17. The highest BCUT2D eigenvalue weighted by Gasteiger charge is 2.33. The Balaban J connectivity index is 1.83. The van der Waals surface area contributed by atoms with Crippen molar-refractivity contribution in [2.45, 2.75) is 58.2 Å². The monoisotopic (exact) mass is 297 g/mol. The van der Waals surface area contributed by atoms with Crippen LogP contribution in [0.4, 0.5) is 0 Å². The van der Waals surface area contributed by atoms with Gasteiger partial charge in [-0.3, -0.25) is 14.6 Å². The van der Waals surface area contributed by atoms with E-state index in [0.717, 1.165) is 32.7 Å². The quantitative estimate of drug-likeness (QED) is 0.645. The van der Waals surface area contributed by atoms with Crippen LogP contribution in [0.5, 0.6) is 0 Å². The summed E-state index contributed by atoms with van der Waals surface area (Å²) >= 11 is 0. The molecule has 122 valence electrons. The maximum atomic E-state index is 12.1. The van der Waals surface area contributed by atoms with Crippen LogP contribution in [0.15, 0.2) is 0 Å². The highest BCUT2D eigenvalue weighted by atomic mass is 16.5. The lowest BCUT2D eigenvalue weighted by Gasteiger charge is -2.27. The summed E-state index contributed by atoms with van der Waals surface area (Å²) < 4.78 is 5.22. The molecule has 0 aromatic rings. The molecule has 2 fully saturated rings. The first-order valence-corrected chi connectivity index (χ1v) is 8.56. The number of carbonyl (C=O) groups excluding carboxylic acids is 1. The van der Waals surface area contributed by atoms with Gasteiger partial charge >= 0.3 is 5.97 Å². The number of ether oxygens (including phenoxy) is 1. The molecule has 0 aromatic carbocycles. The fourth-order valence-corrected chi connectivity index (χ4v) is 3.25. The van der Waals surface area contributed by atoms with E-state index in [9.17, 15) is 4.79 Å². The molecule has 1 saturated heterocycles. The summed E-state index contributed by atoms with van der Waals surface area (Å²) in [5.41, 5.74) is 0. The Morgan fingerprint density at radius 1 is 1.29 bits per heavy atom. The van der Waals surface area contributed by atoms with Crippen LogP contribution in [0.1, 0.15) is 40.0 Å². The summed E-state index contributed by atoms with van der Waals surface area (Å²) in [5, 5.41) is 3.44. The van der Waals surface area contributed by atoms with Gasteiger partial charge in [0.25, 0.3) is 0 Å². The van der Waals surface area contributed by atoms with Gasteiger partial charge in [-0.1, -0.05) is 13.8 Å². The van der Waals surface area contributed by atoms with E-state index in [-0.39, 0.29) is 12.0 Å². The Bertz CT molecular complexity index is 329. The summed E-state index contributed by atoms with van der Waals surface area (Å²) in [6.45, 7) is 11.9. The number of nitrogens with one attached hydrogen (secondary N) is 1. The summed E-state index contributed by atoms with van der Waals surface area (Å²) in [7, 11) is 0. The smallest absolute Gasteiger partial charge is 0.324 e. The average molecular weight is 297 g/mol. The number of rotatable bonds is 9. The van der Waals surface area contributed by atoms with E-state index in [1.807, 2.05) is 6.92 Å². The summed E-state index contributed by atoms with van der Waals surface area (Å²) in [4.78, 5) is 17.0. The second kappa shape index (κ2) is 8.11. The topological polar surface area (TPSA) is 44.8 Å². The van der Waals surface area contributed by atoms with Gasteiger partial charge in [-0.2, -0.15) is 0 Å². The molecular formula is C16H31N3O2. The minimum absolute atomic E-state index is 0.0873. The Labute approximate surface area is 129 Å². The third-order valence-corrected chi connectivity index (χ3v) is 4.60. The van der Waals surface area contributed by atoms with Gasteiger partial charge in [-0.25, -0.2) is 0 Å². The van der Waals surface area contributed by atoms with Crippen molar-refractivity contribution < 1.29 is 9.53 Å². The molecule has 0 amide bonds. The Hall–Kier alpha value is -0.650. The molecule has 0 aromatic heterocycles. The van der Waals surface area contributed by atoms with Crippen LogP contribution in [0.25, 0.3) is 0 Å². The van der Waals surface area contributed by atoms with Gasteiger partial charge in [-0.05, 0) is 45.8 Å². The lowest BCUT2D eigenvalue weighted by Crippen LogP contribution is -2.48. The molecule has 2 aliphatic rings. The number of hydrogen-bond donors (Lipinski definition) is 1. The predicted octanol–water partition coefficient (Wildman–Crippen LogP) is 1.09. The van der Waals surface area contributed by atoms with Crippen molar-refractivity contribution >= 4 is 5.97 Å². The van der Waals surface area contributed by atoms with Gasteiger partial charge in [0.1, 0.15) is 6.04 Å². The molecule has 2 atom stereocenters. The van der Waals surface area contributed by atoms with E-state index >= 15 is 0 Å². The standard InChI is InChI=1S/C16H31N3O2/c1-4-19(5-2)14-9-10-18(11-14)12-15(16(20)21-6-3)17-13-7-8-13/h13-15,17H,4-12H2,1-3H3. The van der Waals surface area contributed by atoms with Crippen molar-refractivity contribution in [3.63, 3.8) is 0 Å². The largest absolute Gasteiger partial charge is 0.465 e. The molecule has 1 saturated carbocycles. The first-order chi connectivity index (χ1) is 10.2. The van der Waals surface area contributed by atoms with Crippen LogP contribution in [-0.2, 0) is 9.53 Å². The van der Waals surface area contributed by atoms with Gasteiger partial charge in [0.2, 0.25) is 0 Å². The maximum absolute atomic E-state index is 12.1. The number of hydrogen-bond acceptors (Lipinski definition) is 5. The Morgan fingerprint density at radius 2 is 2.00 bits per heavy atom. The van der Waals surface area contributed by atoms with Crippen molar-refractivity contribution in [2.24, 2.45) is 0 Å². The molecule has 1 aliphatic carbocycles. The van der Waals surface area contributed by atoms with Crippen molar-refractivity contribution in [3.05, 3.63) is 0 Å². The van der Waals surface area contributed by atoms with Gasteiger partial charge in [0, 0.05) is 25.2 Å². The minimum Gasteiger partial charge on any atom is -0.465 e. The Morgan fingerprint density at radius 3 is 2.57 bits per heavy atom. The second-order valence-electron chi connectivity index (χ2n) is 6.17. The zero-order valence-electron chi connectivity index (χ0n) is 13.8. The molecule has 1 N–H and O–H groups in total. The van der Waals surface area contributed by atoms with Gasteiger partial charge < -0.3 is 10.1 Å². The molecule has 21 heavy (non-hydrogen) atoms. The van der Waals surface area contributed by atoms with E-state index in [2.05, 4.69) is 29.0 Å². The van der Waals surface area contributed by atoms with Crippen molar-refractivity contribution in [1.29, 1.82) is 0 Å². The number of esters is 1. The van der Waals surface area contributed by atoms with E-state index in [1.54, 1.807) is 0 Å². The lowest BCUT2D eigenvalue weighted by atomic mass is 10.2. The summed E-state index contributed by atoms with van der Waals surface area (Å²) in [6, 6.07) is 1.01. The molecule has 1 aliphatic heterocycles. The summed E-state index contributed by atoms with van der Waals surface area (Å²) in [5.74, 6) is -0.0873. The van der Waals surface area contributed by atoms with E-state index < -0.39 is 0 Å². The van der Waals surface area contributed by atoms with Gasteiger partial charge in [-0.15, -0.1) is 0 Å². The molecule has 0 spiro atoms. The normalized spacial score (nSPS) is 24.5. The van der Waals surface area contributed by atoms with E-state index in [1.165, 1.54) is 19.3 Å². The third-order valence-electron chi connectivity index (χ3n) is 4.60. The molecule has 0 bridgehead atoms. The maximum Gasteiger partial charge on any atom is 0.324 e. The van der Waals surface area contributed by atoms with E-state index in [4.69, 9.17) is 4.74 Å². The average Bonchev–Trinajstić information content (AvgIpc) is 3.18. The lowest BCUT2D eigenvalue weighted by molar-refractivity contribution is -0.146. The van der Waals surface area contributed by atoms with Crippen LogP contribution in [0.3, 0.4) is 0 Å².